The second-order valence-electron chi connectivity index (χ2n) is 5.28. The largest absolute Gasteiger partial charge is 0.481 e. The predicted octanol–water partition coefficient (Wildman–Crippen LogP) is 4.15. The molecule has 0 spiro atoms. The first-order valence-electron chi connectivity index (χ1n) is 7.33. The molecule has 0 unspecified atom stereocenters. The Morgan fingerprint density at radius 3 is 2.46 bits per heavy atom. The van der Waals surface area contributed by atoms with Crippen LogP contribution in [0, 0.1) is 11.6 Å². The monoisotopic (exact) mass is 375 g/mol. The molecule has 0 saturated carbocycles. The Bertz CT molecular complexity index is 664. The van der Waals surface area contributed by atoms with E-state index >= 15 is 0 Å². The summed E-state index contributed by atoms with van der Waals surface area (Å²) in [6.07, 6.45) is -0.735. The van der Waals surface area contributed by atoms with Gasteiger partial charge >= 0.3 is 0 Å². The van der Waals surface area contributed by atoms with Gasteiger partial charge in [0.05, 0.1) is 11.6 Å². The third kappa shape index (κ3) is 4.57. The van der Waals surface area contributed by atoms with Crippen molar-refractivity contribution in [2.75, 3.05) is 19.7 Å². The number of rotatable bonds is 4. The lowest BCUT2D eigenvalue weighted by molar-refractivity contribution is -0.0432. The number of morpholine rings is 1. The number of hydrogen-bond acceptors (Lipinski definition) is 3. The highest BCUT2D eigenvalue weighted by Gasteiger charge is 2.28. The number of ether oxygens (including phenoxy) is 2. The quantitative estimate of drug-likeness (QED) is 0.870. The molecule has 1 heterocycles. The summed E-state index contributed by atoms with van der Waals surface area (Å²) in [7, 11) is 0. The van der Waals surface area contributed by atoms with Crippen LogP contribution in [0.15, 0.2) is 42.5 Å². The Morgan fingerprint density at radius 2 is 1.83 bits per heavy atom. The van der Waals surface area contributed by atoms with E-state index < -0.39 is 11.9 Å². The van der Waals surface area contributed by atoms with Crippen LogP contribution in [-0.4, -0.2) is 25.8 Å². The van der Waals surface area contributed by atoms with E-state index in [1.807, 2.05) is 0 Å². The van der Waals surface area contributed by atoms with Crippen LogP contribution in [0.25, 0.3) is 0 Å². The maximum Gasteiger partial charge on any atom is 0.151 e. The van der Waals surface area contributed by atoms with Crippen LogP contribution in [0.3, 0.4) is 0 Å². The van der Waals surface area contributed by atoms with Gasteiger partial charge in [-0.1, -0.05) is 23.7 Å². The fraction of sp³-hybridized carbons (Fsp3) is 0.294. The van der Waals surface area contributed by atoms with Gasteiger partial charge in [0.15, 0.2) is 6.10 Å². The minimum absolute atomic E-state index is 0. The summed E-state index contributed by atoms with van der Waals surface area (Å²) in [6.45, 7) is 1.92. The summed E-state index contributed by atoms with van der Waals surface area (Å²) < 4.78 is 38.1. The average Bonchev–Trinajstić information content (AvgIpc) is 2.56. The Labute approximate surface area is 150 Å². The van der Waals surface area contributed by atoms with E-state index in [0.717, 1.165) is 12.1 Å². The van der Waals surface area contributed by atoms with E-state index in [1.54, 1.807) is 12.1 Å². The van der Waals surface area contributed by atoms with Crippen molar-refractivity contribution in [1.82, 2.24) is 5.32 Å². The van der Waals surface area contributed by atoms with E-state index in [-0.39, 0.29) is 29.4 Å². The van der Waals surface area contributed by atoms with Crippen molar-refractivity contribution >= 4 is 24.0 Å². The van der Waals surface area contributed by atoms with Gasteiger partial charge in [-0.05, 0) is 35.9 Å². The first-order chi connectivity index (χ1) is 11.1. The van der Waals surface area contributed by atoms with E-state index in [0.29, 0.717) is 18.9 Å². The van der Waals surface area contributed by atoms with Crippen molar-refractivity contribution in [2.45, 2.75) is 12.2 Å². The van der Waals surface area contributed by atoms with Crippen LogP contribution in [0.1, 0.15) is 11.7 Å². The zero-order valence-electron chi connectivity index (χ0n) is 12.7. The van der Waals surface area contributed by atoms with Crippen LogP contribution >= 0.6 is 24.0 Å². The van der Waals surface area contributed by atoms with Gasteiger partial charge in [0.2, 0.25) is 0 Å². The highest BCUT2D eigenvalue weighted by atomic mass is 35.5. The maximum atomic E-state index is 13.2. The van der Waals surface area contributed by atoms with E-state index in [1.165, 1.54) is 30.3 Å². The van der Waals surface area contributed by atoms with Crippen LogP contribution in [0.2, 0.25) is 5.02 Å². The van der Waals surface area contributed by atoms with E-state index in [9.17, 15) is 8.78 Å². The summed E-state index contributed by atoms with van der Waals surface area (Å²) in [6, 6.07) is 9.99. The van der Waals surface area contributed by atoms with Crippen molar-refractivity contribution in [3.8, 4) is 5.75 Å². The lowest BCUT2D eigenvalue weighted by Crippen LogP contribution is -2.43. The van der Waals surface area contributed by atoms with Gasteiger partial charge < -0.3 is 14.8 Å². The van der Waals surface area contributed by atoms with Crippen molar-refractivity contribution in [3.63, 3.8) is 0 Å². The van der Waals surface area contributed by atoms with Crippen molar-refractivity contribution in [3.05, 3.63) is 64.7 Å². The highest BCUT2D eigenvalue weighted by Crippen LogP contribution is 2.32. The molecule has 1 aliphatic rings. The van der Waals surface area contributed by atoms with E-state index in [2.05, 4.69) is 5.32 Å². The zero-order valence-corrected chi connectivity index (χ0v) is 14.2. The third-order valence-electron chi connectivity index (χ3n) is 3.64. The molecule has 1 saturated heterocycles. The summed E-state index contributed by atoms with van der Waals surface area (Å²) in [5, 5.41) is 3.42. The average molecular weight is 376 g/mol. The molecule has 0 bridgehead atoms. The SMILES string of the molecule is Cl.Fc1ccc([C@H](Oc2ccc(F)cc2Cl)[C@@H]2CNCCO2)cc1. The number of hydrogen-bond donors (Lipinski definition) is 1. The molecular formula is C17H17Cl2F2NO2. The zero-order chi connectivity index (χ0) is 16.2. The molecule has 0 aromatic heterocycles. The summed E-state index contributed by atoms with van der Waals surface area (Å²) in [5.74, 6) is -0.400. The number of halogens is 4. The Balaban J connectivity index is 0.00000208. The highest BCUT2D eigenvalue weighted by molar-refractivity contribution is 6.32. The van der Waals surface area contributed by atoms with Gasteiger partial charge in [-0.15, -0.1) is 12.4 Å². The molecule has 0 amide bonds. The molecule has 130 valence electrons. The minimum Gasteiger partial charge on any atom is -0.481 e. The Morgan fingerprint density at radius 1 is 1.12 bits per heavy atom. The Kier molecular flexibility index (Phi) is 6.80. The van der Waals surface area contributed by atoms with Gasteiger partial charge in [-0.3, -0.25) is 0 Å². The molecule has 1 fully saturated rings. The van der Waals surface area contributed by atoms with Gasteiger partial charge in [0.25, 0.3) is 0 Å². The molecule has 0 radical (unpaired) electrons. The van der Waals surface area contributed by atoms with Gasteiger partial charge in [-0.25, -0.2) is 8.78 Å². The summed E-state index contributed by atoms with van der Waals surface area (Å²) in [4.78, 5) is 0. The molecule has 3 rings (SSSR count). The van der Waals surface area contributed by atoms with Crippen LogP contribution in [0.4, 0.5) is 8.78 Å². The standard InChI is InChI=1S/C17H16ClF2NO2.ClH/c18-14-9-13(20)5-6-15(14)23-17(16-10-21-7-8-22-16)11-1-3-12(19)4-2-11;/h1-6,9,16-17,21H,7-8,10H2;1H/t16-,17-;/m0./s1. The van der Waals surface area contributed by atoms with Crippen LogP contribution < -0.4 is 10.1 Å². The number of nitrogens with one attached hydrogen (secondary N) is 1. The Hall–Kier alpha value is -1.40. The lowest BCUT2D eigenvalue weighted by atomic mass is 10.0. The smallest absolute Gasteiger partial charge is 0.151 e. The van der Waals surface area contributed by atoms with Gasteiger partial charge in [0, 0.05) is 13.1 Å². The minimum atomic E-state index is -0.480. The second-order valence-corrected chi connectivity index (χ2v) is 5.69. The molecule has 1 N–H and O–H groups in total. The fourth-order valence-corrected chi connectivity index (χ4v) is 2.71. The molecular weight excluding hydrogens is 359 g/mol. The van der Waals surface area contributed by atoms with Crippen LogP contribution in [-0.2, 0) is 4.74 Å². The fourth-order valence-electron chi connectivity index (χ4n) is 2.50. The topological polar surface area (TPSA) is 30.5 Å². The molecule has 3 nitrogen and oxygen atoms in total. The van der Waals surface area contributed by atoms with Gasteiger partial charge in [0.1, 0.15) is 23.5 Å². The molecule has 2 atom stereocenters. The van der Waals surface area contributed by atoms with Crippen molar-refractivity contribution in [1.29, 1.82) is 0 Å². The molecule has 2 aromatic rings. The predicted molar refractivity (Wildman–Crippen MR) is 91.0 cm³/mol. The molecule has 24 heavy (non-hydrogen) atoms. The van der Waals surface area contributed by atoms with Gasteiger partial charge in [-0.2, -0.15) is 0 Å². The lowest BCUT2D eigenvalue weighted by Gasteiger charge is -2.31. The molecule has 2 aromatic carbocycles. The summed E-state index contributed by atoms with van der Waals surface area (Å²) in [5.41, 5.74) is 0.764. The second kappa shape index (κ2) is 8.62. The molecule has 7 heteroatoms. The van der Waals surface area contributed by atoms with E-state index in [4.69, 9.17) is 21.1 Å². The first-order valence-corrected chi connectivity index (χ1v) is 7.71. The first kappa shape index (κ1) is 18.9. The third-order valence-corrected chi connectivity index (χ3v) is 3.94. The summed E-state index contributed by atoms with van der Waals surface area (Å²) >= 11 is 6.04. The van der Waals surface area contributed by atoms with Crippen molar-refractivity contribution < 1.29 is 18.3 Å². The normalized spacial score (nSPS) is 18.5. The van der Waals surface area contributed by atoms with Crippen molar-refractivity contribution in [2.24, 2.45) is 0 Å². The molecule has 1 aliphatic heterocycles. The number of benzene rings is 2. The maximum absolute atomic E-state index is 13.2. The molecule has 0 aliphatic carbocycles. The van der Waals surface area contributed by atoms with Crippen LogP contribution in [0.5, 0.6) is 5.75 Å².